The molecule has 0 spiro atoms. The second-order valence-electron chi connectivity index (χ2n) is 14.5. The van der Waals surface area contributed by atoms with E-state index in [9.17, 15) is 8.42 Å². The molecule has 0 saturated carbocycles. The molecule has 0 bridgehead atoms. The van der Waals surface area contributed by atoms with E-state index in [1.54, 1.807) is 6.07 Å². The molecule has 0 saturated heterocycles. The van der Waals surface area contributed by atoms with Gasteiger partial charge in [-0.25, -0.2) is 13.3 Å². The smallest absolute Gasteiger partial charge is 0.209 e. The van der Waals surface area contributed by atoms with E-state index in [1.807, 2.05) is 12.1 Å². The van der Waals surface area contributed by atoms with Crippen LogP contribution < -0.4 is 4.90 Å². The van der Waals surface area contributed by atoms with Crippen molar-refractivity contribution in [3.8, 4) is 0 Å². The minimum absolute atomic E-state index is 0.174. The fourth-order valence-electron chi connectivity index (χ4n) is 7.25. The Balaban J connectivity index is 1.63. The van der Waals surface area contributed by atoms with Gasteiger partial charge < -0.3 is 4.90 Å². The second kappa shape index (κ2) is 17.5. The molecule has 2 aromatic rings. The van der Waals surface area contributed by atoms with Gasteiger partial charge in [0.05, 0.1) is 29.5 Å². The number of unbranched alkanes of at least 4 members (excludes halogenated alkanes) is 8. The Labute approximate surface area is 301 Å². The van der Waals surface area contributed by atoms with Gasteiger partial charge in [0.15, 0.2) is 15.5 Å². The monoisotopic (exact) mass is 707 g/mol. The van der Waals surface area contributed by atoms with Crippen molar-refractivity contribution >= 4 is 39.0 Å². The minimum Gasteiger partial charge on any atom is -0.344 e. The lowest BCUT2D eigenvalue weighted by atomic mass is 9.81. The van der Waals surface area contributed by atoms with Crippen molar-refractivity contribution in [2.45, 2.75) is 126 Å². The highest BCUT2D eigenvalue weighted by molar-refractivity contribution is 7.94. The van der Waals surface area contributed by atoms with Crippen LogP contribution in [0.4, 0.5) is 11.4 Å². The van der Waals surface area contributed by atoms with Crippen molar-refractivity contribution in [2.24, 2.45) is 0 Å². The third kappa shape index (κ3) is 9.37. The normalized spacial score (nSPS) is 17.6. The first-order chi connectivity index (χ1) is 23.4. The maximum absolute atomic E-state index is 12.5. The van der Waals surface area contributed by atoms with Gasteiger partial charge in [0.25, 0.3) is 0 Å². The molecule has 0 fully saturated rings. The summed E-state index contributed by atoms with van der Waals surface area (Å²) in [7, 11) is -1.77. The van der Waals surface area contributed by atoms with Crippen LogP contribution in [0, 0.1) is 0 Å². The van der Waals surface area contributed by atoms with Crippen molar-refractivity contribution < 1.29 is 22.2 Å². The van der Waals surface area contributed by atoms with E-state index in [-0.39, 0.29) is 10.8 Å². The molecule has 2 aliphatic rings. The molecule has 0 radical (unpaired) electrons. The fraction of sp³-hybridized carbons (Fsp3) is 0.537. The van der Waals surface area contributed by atoms with Crippen LogP contribution in [0.2, 0.25) is 0 Å². The summed E-state index contributed by atoms with van der Waals surface area (Å²) in [6, 6.07) is 12.2. The van der Waals surface area contributed by atoms with Gasteiger partial charge in [0.2, 0.25) is 5.69 Å². The van der Waals surface area contributed by atoms with Gasteiger partial charge in [-0.1, -0.05) is 90.9 Å². The third-order valence-corrected chi connectivity index (χ3v) is 11.8. The second-order valence-corrected chi connectivity index (χ2v) is 17.3. The predicted molar refractivity (Wildman–Crippen MR) is 207 cm³/mol. The molecule has 6 nitrogen and oxygen atoms in total. The molecule has 49 heavy (non-hydrogen) atoms. The number of benzene rings is 2. The van der Waals surface area contributed by atoms with Crippen LogP contribution >= 0.6 is 12.0 Å². The zero-order chi connectivity index (χ0) is 35.7. The first-order valence-electron chi connectivity index (χ1n) is 18.2. The molecule has 8 heteroatoms. The van der Waals surface area contributed by atoms with Crippen LogP contribution in [0.25, 0.3) is 0 Å². The molecule has 268 valence electrons. The van der Waals surface area contributed by atoms with Crippen LogP contribution in [0.1, 0.15) is 117 Å². The summed E-state index contributed by atoms with van der Waals surface area (Å²) in [5, 5.41) is 0. The summed E-state index contributed by atoms with van der Waals surface area (Å²) in [6.45, 7) is 15.4. The number of hydrogen-bond donors (Lipinski definition) is 0. The summed E-state index contributed by atoms with van der Waals surface area (Å²) in [4.78, 5) is 8.66. The number of allylic oxidation sites excluding steroid dienone is 6. The van der Waals surface area contributed by atoms with E-state index in [2.05, 4.69) is 99.6 Å². The Kier molecular flexibility index (Phi) is 14.0. The van der Waals surface area contributed by atoms with Gasteiger partial charge in [-0.3, -0.25) is 0 Å². The SMILES string of the molecule is CCCCCCCN1C(=CC=CC=CC2=[N+](CCCCCCC)c3ccc(SOOC)cc3C2(C)C)C(C)(C)c2cc(S(C)(=O)=O)ccc21. The topological polar surface area (TPSA) is 58.9 Å². The first kappa shape index (κ1) is 39.1. The molecule has 0 amide bonds. The number of fused-ring (bicyclic) bond motifs is 2. The summed E-state index contributed by atoms with van der Waals surface area (Å²) >= 11 is 1.24. The highest BCUT2D eigenvalue weighted by atomic mass is 32.2. The third-order valence-electron chi connectivity index (χ3n) is 10.1. The summed E-state index contributed by atoms with van der Waals surface area (Å²) in [5.74, 6) is 0. The Morgan fingerprint density at radius 1 is 0.816 bits per heavy atom. The fourth-order valence-corrected chi connectivity index (χ4v) is 8.33. The highest BCUT2D eigenvalue weighted by Gasteiger charge is 2.44. The van der Waals surface area contributed by atoms with Crippen LogP contribution in [0.3, 0.4) is 0 Å². The van der Waals surface area contributed by atoms with E-state index in [1.165, 1.54) is 99.4 Å². The zero-order valence-electron chi connectivity index (χ0n) is 31.2. The van der Waals surface area contributed by atoms with Gasteiger partial charge >= 0.3 is 0 Å². The number of anilines is 1. The van der Waals surface area contributed by atoms with Crippen molar-refractivity contribution in [3.63, 3.8) is 0 Å². The lowest BCUT2D eigenvalue weighted by Crippen LogP contribution is -2.28. The van der Waals surface area contributed by atoms with Crippen LogP contribution in [0.5, 0.6) is 0 Å². The molecule has 0 atom stereocenters. The van der Waals surface area contributed by atoms with Crippen LogP contribution in [-0.2, 0) is 29.9 Å². The van der Waals surface area contributed by atoms with E-state index in [4.69, 9.17) is 9.22 Å². The summed E-state index contributed by atoms with van der Waals surface area (Å²) in [6.07, 6.45) is 24.4. The molecule has 0 unspecified atom stereocenters. The van der Waals surface area contributed by atoms with Crippen molar-refractivity contribution in [1.82, 2.24) is 0 Å². The minimum atomic E-state index is -3.30. The largest absolute Gasteiger partial charge is 0.344 e. The average Bonchev–Trinajstić information content (AvgIpc) is 3.40. The number of nitrogens with zero attached hydrogens (tertiary/aromatic N) is 2. The van der Waals surface area contributed by atoms with E-state index in [0.717, 1.165) is 42.1 Å². The molecular formula is C41H59N2O4S2+. The van der Waals surface area contributed by atoms with E-state index >= 15 is 0 Å². The summed E-state index contributed by atoms with van der Waals surface area (Å²) < 4.78 is 32.6. The predicted octanol–water partition coefficient (Wildman–Crippen LogP) is 10.8. The van der Waals surface area contributed by atoms with Crippen molar-refractivity contribution in [3.05, 3.63) is 83.6 Å². The molecule has 0 N–H and O–H groups in total. The standard InChI is InChI=1S/C41H59N2O4S2/c1-9-11-13-15-20-28-42-36-26-24-32(48-47-46-7)30-34(36)40(3,4)38(42)22-18-17-19-23-39-41(5,6)35-31-33(49(8,44)45)25-27-37(35)43(39)29-21-16-14-12-10-2/h17-19,22-27,30-31H,9-16,20-21,28-29H2,1-8H3/q+1. The van der Waals surface area contributed by atoms with Gasteiger partial charge in [-0.05, 0) is 68.7 Å². The summed E-state index contributed by atoms with van der Waals surface area (Å²) in [5.41, 5.74) is 6.74. The van der Waals surface area contributed by atoms with Gasteiger partial charge in [-0.15, -0.1) is 0 Å². The molecule has 2 aromatic carbocycles. The molecule has 0 aliphatic carbocycles. The molecule has 0 aromatic heterocycles. The first-order valence-corrected chi connectivity index (χ1v) is 20.9. The maximum Gasteiger partial charge on any atom is 0.209 e. The van der Waals surface area contributed by atoms with Crippen molar-refractivity contribution in [1.29, 1.82) is 0 Å². The van der Waals surface area contributed by atoms with Gasteiger partial charge in [0, 0.05) is 58.6 Å². The Hall–Kier alpha value is -2.65. The maximum atomic E-state index is 12.5. The molecule has 2 aliphatic heterocycles. The quantitative estimate of drug-likeness (QED) is 0.0362. The van der Waals surface area contributed by atoms with Gasteiger partial charge in [0.1, 0.15) is 6.54 Å². The molecule has 4 rings (SSSR count). The number of sulfone groups is 1. The Morgan fingerprint density at radius 2 is 1.51 bits per heavy atom. The lowest BCUT2D eigenvalue weighted by molar-refractivity contribution is -0.438. The van der Waals surface area contributed by atoms with E-state index < -0.39 is 9.84 Å². The van der Waals surface area contributed by atoms with Crippen LogP contribution in [0.15, 0.2) is 82.3 Å². The van der Waals surface area contributed by atoms with Gasteiger partial charge in [-0.2, -0.15) is 8.91 Å². The number of rotatable bonds is 19. The number of hydrogen-bond acceptors (Lipinski definition) is 6. The van der Waals surface area contributed by atoms with E-state index in [0.29, 0.717) is 4.90 Å². The zero-order valence-corrected chi connectivity index (χ0v) is 32.8. The Bertz CT molecular complexity index is 1670. The lowest BCUT2D eigenvalue weighted by Gasteiger charge is -2.27. The molecular weight excluding hydrogens is 649 g/mol. The Morgan fingerprint density at radius 3 is 2.18 bits per heavy atom. The highest BCUT2D eigenvalue weighted by Crippen LogP contribution is 2.48. The van der Waals surface area contributed by atoms with Crippen LogP contribution in [-0.4, -0.2) is 45.2 Å². The van der Waals surface area contributed by atoms with Crippen molar-refractivity contribution in [2.75, 3.05) is 31.4 Å². The molecule has 2 heterocycles. The average molecular weight is 708 g/mol.